The first-order valence-corrected chi connectivity index (χ1v) is 7.71. The summed E-state index contributed by atoms with van der Waals surface area (Å²) in [6.45, 7) is 7.32. The van der Waals surface area contributed by atoms with Crippen LogP contribution >= 0.6 is 12.4 Å². The number of likely N-dealkylation sites (tertiary alicyclic amines) is 1. The van der Waals surface area contributed by atoms with Crippen LogP contribution < -0.4 is 5.73 Å². The Bertz CT molecular complexity index is 490. The maximum absolute atomic E-state index is 12.9. The first-order chi connectivity index (χ1) is 9.54. The molecule has 0 radical (unpaired) electrons. The molecule has 1 saturated heterocycles. The van der Waals surface area contributed by atoms with Crippen molar-refractivity contribution >= 4 is 24.0 Å². The molecule has 1 aliphatic heterocycles. The number of amides is 1. The fourth-order valence-electron chi connectivity index (χ4n) is 3.26. The zero-order valence-corrected chi connectivity index (χ0v) is 14.1. The summed E-state index contributed by atoms with van der Waals surface area (Å²) in [5, 5.41) is 0. The van der Waals surface area contributed by atoms with Crippen molar-refractivity contribution in [3.8, 4) is 0 Å². The molecule has 0 spiro atoms. The molecule has 1 aliphatic rings. The van der Waals surface area contributed by atoms with Crippen molar-refractivity contribution in [3.63, 3.8) is 0 Å². The van der Waals surface area contributed by atoms with Gasteiger partial charge in [0.25, 0.3) is 5.91 Å². The lowest BCUT2D eigenvalue weighted by atomic mass is 9.87. The molecule has 0 aliphatic carbocycles. The first-order valence-electron chi connectivity index (χ1n) is 7.71. The molecule has 3 nitrogen and oxygen atoms in total. The minimum Gasteiger partial charge on any atom is -0.399 e. The summed E-state index contributed by atoms with van der Waals surface area (Å²) in [4.78, 5) is 15.0. The second-order valence-corrected chi connectivity index (χ2v) is 6.05. The molecule has 118 valence electrons. The fourth-order valence-corrected chi connectivity index (χ4v) is 3.26. The normalized spacial score (nSPS) is 21.8. The molecule has 2 rings (SSSR count). The van der Waals surface area contributed by atoms with Crippen molar-refractivity contribution < 1.29 is 4.79 Å². The maximum Gasteiger partial charge on any atom is 0.254 e. The highest BCUT2D eigenvalue weighted by Crippen LogP contribution is 2.28. The van der Waals surface area contributed by atoms with Gasteiger partial charge in [-0.15, -0.1) is 12.4 Å². The Morgan fingerprint density at radius 1 is 1.43 bits per heavy atom. The molecule has 0 saturated carbocycles. The zero-order valence-electron chi connectivity index (χ0n) is 13.3. The molecular weight excluding hydrogens is 284 g/mol. The highest BCUT2D eigenvalue weighted by atomic mass is 35.5. The van der Waals surface area contributed by atoms with Gasteiger partial charge in [-0.25, -0.2) is 0 Å². The van der Waals surface area contributed by atoms with Crippen LogP contribution in [0, 0.1) is 12.8 Å². The average molecular weight is 311 g/mol. The topological polar surface area (TPSA) is 46.3 Å². The van der Waals surface area contributed by atoms with Crippen molar-refractivity contribution in [1.82, 2.24) is 4.90 Å². The van der Waals surface area contributed by atoms with E-state index in [4.69, 9.17) is 5.73 Å². The third kappa shape index (κ3) is 3.91. The van der Waals surface area contributed by atoms with E-state index in [1.165, 1.54) is 6.42 Å². The van der Waals surface area contributed by atoms with Crippen LogP contribution in [0.25, 0.3) is 0 Å². The molecule has 1 amide bonds. The van der Waals surface area contributed by atoms with Crippen molar-refractivity contribution in [2.45, 2.75) is 52.5 Å². The van der Waals surface area contributed by atoms with Gasteiger partial charge in [-0.05, 0) is 49.8 Å². The number of halogens is 1. The summed E-state index contributed by atoms with van der Waals surface area (Å²) in [5.74, 6) is 0.744. The lowest BCUT2D eigenvalue weighted by Gasteiger charge is -2.40. The van der Waals surface area contributed by atoms with Gasteiger partial charge in [0, 0.05) is 23.8 Å². The number of rotatable bonds is 3. The summed E-state index contributed by atoms with van der Waals surface area (Å²) in [6.07, 6.45) is 4.54. The summed E-state index contributed by atoms with van der Waals surface area (Å²) in [6, 6.07) is 5.99. The van der Waals surface area contributed by atoms with Gasteiger partial charge in [-0.1, -0.05) is 26.3 Å². The number of anilines is 1. The second-order valence-electron chi connectivity index (χ2n) is 6.05. The molecule has 2 atom stereocenters. The Morgan fingerprint density at radius 3 is 2.81 bits per heavy atom. The number of aryl methyl sites for hydroxylation is 1. The molecule has 1 aromatic rings. The average Bonchev–Trinajstić information content (AvgIpc) is 2.43. The van der Waals surface area contributed by atoms with Crippen LogP contribution in [-0.2, 0) is 0 Å². The third-order valence-corrected chi connectivity index (χ3v) is 4.45. The van der Waals surface area contributed by atoms with E-state index >= 15 is 0 Å². The van der Waals surface area contributed by atoms with Crippen molar-refractivity contribution in [2.24, 2.45) is 5.92 Å². The number of benzene rings is 1. The SMILES string of the molecule is CCCC1C(C)CCCN1C(=O)c1cc(N)ccc1C.Cl. The quantitative estimate of drug-likeness (QED) is 0.856. The Morgan fingerprint density at radius 2 is 2.14 bits per heavy atom. The van der Waals surface area contributed by atoms with E-state index in [1.54, 1.807) is 0 Å². The van der Waals surface area contributed by atoms with Crippen LogP contribution in [0.15, 0.2) is 18.2 Å². The van der Waals surface area contributed by atoms with Crippen LogP contribution in [0.4, 0.5) is 5.69 Å². The number of carbonyl (C=O) groups excluding carboxylic acids is 1. The van der Waals surface area contributed by atoms with E-state index in [2.05, 4.69) is 18.7 Å². The van der Waals surface area contributed by atoms with E-state index in [1.807, 2.05) is 25.1 Å². The predicted molar refractivity (Wildman–Crippen MR) is 91.0 cm³/mol. The molecule has 1 heterocycles. The van der Waals surface area contributed by atoms with Gasteiger partial charge in [-0.3, -0.25) is 4.79 Å². The Labute approximate surface area is 134 Å². The van der Waals surface area contributed by atoms with E-state index in [9.17, 15) is 4.79 Å². The van der Waals surface area contributed by atoms with Gasteiger partial charge in [0.15, 0.2) is 0 Å². The zero-order chi connectivity index (χ0) is 14.7. The van der Waals surface area contributed by atoms with Crippen molar-refractivity contribution in [1.29, 1.82) is 0 Å². The molecule has 0 aromatic heterocycles. The monoisotopic (exact) mass is 310 g/mol. The molecule has 21 heavy (non-hydrogen) atoms. The highest BCUT2D eigenvalue weighted by Gasteiger charge is 2.32. The number of hydrogen-bond donors (Lipinski definition) is 1. The standard InChI is InChI=1S/C17H26N2O.ClH/c1-4-6-16-13(3)7-5-10-19(16)17(20)15-11-14(18)9-8-12(15)2;/h8-9,11,13,16H,4-7,10,18H2,1-3H3;1H. The van der Waals surface area contributed by atoms with Gasteiger partial charge in [0.1, 0.15) is 0 Å². The molecule has 1 aromatic carbocycles. The largest absolute Gasteiger partial charge is 0.399 e. The van der Waals surface area contributed by atoms with Crippen LogP contribution in [0.5, 0.6) is 0 Å². The molecule has 4 heteroatoms. The molecule has 0 bridgehead atoms. The Hall–Kier alpha value is -1.22. The van der Waals surface area contributed by atoms with Crippen LogP contribution in [-0.4, -0.2) is 23.4 Å². The van der Waals surface area contributed by atoms with E-state index in [0.717, 1.165) is 36.9 Å². The summed E-state index contributed by atoms with van der Waals surface area (Å²) in [7, 11) is 0. The van der Waals surface area contributed by atoms with Gasteiger partial charge in [0.05, 0.1) is 0 Å². The number of hydrogen-bond acceptors (Lipinski definition) is 2. The van der Waals surface area contributed by atoms with Crippen LogP contribution in [0.3, 0.4) is 0 Å². The van der Waals surface area contributed by atoms with Crippen LogP contribution in [0.1, 0.15) is 55.5 Å². The predicted octanol–water partition coefficient (Wildman–Crippen LogP) is 4.04. The first kappa shape index (κ1) is 17.8. The van der Waals surface area contributed by atoms with Gasteiger partial charge in [-0.2, -0.15) is 0 Å². The van der Waals surface area contributed by atoms with E-state index < -0.39 is 0 Å². The lowest BCUT2D eigenvalue weighted by molar-refractivity contribution is 0.0497. The van der Waals surface area contributed by atoms with Gasteiger partial charge >= 0.3 is 0 Å². The second kappa shape index (κ2) is 7.69. The third-order valence-electron chi connectivity index (χ3n) is 4.45. The summed E-state index contributed by atoms with van der Waals surface area (Å²) in [5.41, 5.74) is 8.28. The fraction of sp³-hybridized carbons (Fsp3) is 0.588. The van der Waals surface area contributed by atoms with E-state index in [0.29, 0.717) is 17.6 Å². The van der Waals surface area contributed by atoms with Crippen LogP contribution in [0.2, 0.25) is 0 Å². The summed E-state index contributed by atoms with van der Waals surface area (Å²) < 4.78 is 0. The number of nitrogens with two attached hydrogens (primary N) is 1. The lowest BCUT2D eigenvalue weighted by Crippen LogP contribution is -2.47. The number of nitrogen functional groups attached to an aromatic ring is 1. The van der Waals surface area contributed by atoms with Gasteiger partial charge in [0.2, 0.25) is 0 Å². The molecule has 1 fully saturated rings. The van der Waals surface area contributed by atoms with Gasteiger partial charge < -0.3 is 10.6 Å². The summed E-state index contributed by atoms with van der Waals surface area (Å²) >= 11 is 0. The Balaban J connectivity index is 0.00000220. The van der Waals surface area contributed by atoms with E-state index in [-0.39, 0.29) is 18.3 Å². The maximum atomic E-state index is 12.9. The minimum absolute atomic E-state index is 0. The number of carbonyl (C=O) groups is 1. The molecule has 2 unspecified atom stereocenters. The number of nitrogens with zero attached hydrogens (tertiary/aromatic N) is 1. The molecular formula is C17H27ClN2O. The molecule has 2 N–H and O–H groups in total. The Kier molecular flexibility index (Phi) is 6.53. The van der Waals surface area contributed by atoms with Crippen molar-refractivity contribution in [3.05, 3.63) is 29.3 Å². The smallest absolute Gasteiger partial charge is 0.254 e. The highest BCUT2D eigenvalue weighted by molar-refractivity contribution is 5.96. The minimum atomic E-state index is 0. The van der Waals surface area contributed by atoms with Crippen molar-refractivity contribution in [2.75, 3.05) is 12.3 Å². The number of piperidine rings is 1.